The number of aliphatic imine (C=N–C) groups is 1. The van der Waals surface area contributed by atoms with E-state index in [4.69, 9.17) is 5.11 Å². The zero-order chi connectivity index (χ0) is 9.68. The normalized spacial score (nSPS) is 16.1. The molecule has 1 rings (SSSR count). The van der Waals surface area contributed by atoms with Crippen molar-refractivity contribution in [1.29, 1.82) is 0 Å². The van der Waals surface area contributed by atoms with Crippen LogP contribution in [0.2, 0.25) is 0 Å². The maximum Gasteiger partial charge on any atom is 0.313 e. The molecule has 1 aliphatic heterocycles. The number of hydrogen-bond acceptors (Lipinski definition) is 4. The number of carboxylic acids is 1. The molecule has 0 saturated heterocycles. The van der Waals surface area contributed by atoms with Gasteiger partial charge in [0.05, 0.1) is 18.1 Å². The summed E-state index contributed by atoms with van der Waals surface area (Å²) in [6, 6.07) is 0. The van der Waals surface area contributed by atoms with Crippen LogP contribution in [0.3, 0.4) is 0 Å². The number of hydrogen-bond donors (Lipinski definition) is 1. The predicted octanol–water partition coefficient (Wildman–Crippen LogP) is 0.538. The van der Waals surface area contributed by atoms with E-state index in [1.54, 1.807) is 0 Å². The summed E-state index contributed by atoms with van der Waals surface area (Å²) >= 11 is 1.41. The van der Waals surface area contributed by atoms with Gasteiger partial charge in [-0.3, -0.25) is 9.79 Å². The van der Waals surface area contributed by atoms with Crippen LogP contribution in [-0.4, -0.2) is 53.0 Å². The van der Waals surface area contributed by atoms with Gasteiger partial charge in [-0.05, 0) is 6.92 Å². The zero-order valence-electron chi connectivity index (χ0n) is 7.69. The number of carbonyl (C=O) groups is 1. The number of nitrogens with zero attached hydrogens (tertiary/aromatic N) is 2. The van der Waals surface area contributed by atoms with Gasteiger partial charge in [-0.15, -0.1) is 11.8 Å². The third-order valence-corrected chi connectivity index (χ3v) is 2.78. The maximum absolute atomic E-state index is 10.2. The van der Waals surface area contributed by atoms with Crippen molar-refractivity contribution in [3.63, 3.8) is 0 Å². The van der Waals surface area contributed by atoms with E-state index in [-0.39, 0.29) is 5.75 Å². The van der Waals surface area contributed by atoms with Crippen LogP contribution >= 0.6 is 11.8 Å². The molecule has 0 aromatic heterocycles. The Morgan fingerprint density at radius 1 is 1.77 bits per heavy atom. The highest BCUT2D eigenvalue weighted by molar-refractivity contribution is 8.00. The van der Waals surface area contributed by atoms with Crippen molar-refractivity contribution in [3.8, 4) is 0 Å². The summed E-state index contributed by atoms with van der Waals surface area (Å²) in [6.45, 7) is 4.89. The molecule has 0 atom stereocenters. The fourth-order valence-corrected chi connectivity index (χ4v) is 1.97. The van der Waals surface area contributed by atoms with Crippen molar-refractivity contribution in [2.75, 3.05) is 31.1 Å². The summed E-state index contributed by atoms with van der Waals surface area (Å²) < 4.78 is 0. The lowest BCUT2D eigenvalue weighted by Gasteiger charge is -2.16. The second-order valence-corrected chi connectivity index (χ2v) is 3.75. The Balaban J connectivity index is 2.24. The Bertz CT molecular complexity index is 218. The second-order valence-electron chi connectivity index (χ2n) is 2.76. The van der Waals surface area contributed by atoms with Crippen LogP contribution in [-0.2, 0) is 4.79 Å². The molecule has 0 aliphatic carbocycles. The molecule has 0 bridgehead atoms. The molecule has 0 spiro atoms. The van der Waals surface area contributed by atoms with Gasteiger partial charge < -0.3 is 10.0 Å². The molecule has 0 fully saturated rings. The van der Waals surface area contributed by atoms with Gasteiger partial charge in [0.15, 0.2) is 0 Å². The summed E-state index contributed by atoms with van der Waals surface area (Å²) in [5, 5.41) is 8.44. The number of thioether (sulfide) groups is 1. The van der Waals surface area contributed by atoms with Crippen molar-refractivity contribution in [1.82, 2.24) is 4.90 Å². The van der Waals surface area contributed by atoms with Crippen LogP contribution in [0.15, 0.2) is 4.99 Å². The van der Waals surface area contributed by atoms with E-state index in [2.05, 4.69) is 16.8 Å². The Labute approximate surface area is 82.0 Å². The summed E-state index contributed by atoms with van der Waals surface area (Å²) in [6.07, 6.45) is 0. The van der Waals surface area contributed by atoms with Crippen LogP contribution in [0, 0.1) is 0 Å². The lowest BCUT2D eigenvalue weighted by atomic mass is 10.5. The Morgan fingerprint density at radius 2 is 2.54 bits per heavy atom. The summed E-state index contributed by atoms with van der Waals surface area (Å²) in [7, 11) is 0. The van der Waals surface area contributed by atoms with E-state index in [1.807, 2.05) is 0 Å². The highest BCUT2D eigenvalue weighted by atomic mass is 32.2. The third-order valence-electron chi connectivity index (χ3n) is 1.87. The largest absolute Gasteiger partial charge is 0.481 e. The van der Waals surface area contributed by atoms with E-state index in [0.29, 0.717) is 0 Å². The topological polar surface area (TPSA) is 52.9 Å². The molecule has 4 nitrogen and oxygen atoms in total. The standard InChI is InChI=1S/C8H14N2O2S/c1-2-10-4-3-9-7(10)5-13-6-8(11)12/h2-6H2,1H3,(H,11,12). The molecule has 1 N–H and O–H groups in total. The first-order chi connectivity index (χ1) is 6.24. The van der Waals surface area contributed by atoms with E-state index < -0.39 is 5.97 Å². The minimum Gasteiger partial charge on any atom is -0.481 e. The molecule has 0 amide bonds. The first-order valence-electron chi connectivity index (χ1n) is 4.32. The third kappa shape index (κ3) is 3.26. The molecule has 0 aromatic carbocycles. The van der Waals surface area contributed by atoms with Crippen molar-refractivity contribution in [2.45, 2.75) is 6.92 Å². The van der Waals surface area contributed by atoms with E-state index in [1.165, 1.54) is 11.8 Å². The van der Waals surface area contributed by atoms with Gasteiger partial charge in [0.1, 0.15) is 5.84 Å². The molecular formula is C8H14N2O2S. The van der Waals surface area contributed by atoms with Crippen LogP contribution in [0.5, 0.6) is 0 Å². The van der Waals surface area contributed by atoms with Crippen molar-refractivity contribution < 1.29 is 9.90 Å². The molecule has 0 radical (unpaired) electrons. The van der Waals surface area contributed by atoms with Crippen molar-refractivity contribution in [3.05, 3.63) is 0 Å². The second kappa shape index (κ2) is 5.11. The smallest absolute Gasteiger partial charge is 0.313 e. The number of likely N-dealkylation sites (N-methyl/N-ethyl adjacent to an activating group) is 1. The van der Waals surface area contributed by atoms with E-state index in [0.717, 1.165) is 31.2 Å². The minimum atomic E-state index is -0.758. The monoisotopic (exact) mass is 202 g/mol. The van der Waals surface area contributed by atoms with Crippen molar-refractivity contribution >= 4 is 23.6 Å². The Kier molecular flexibility index (Phi) is 4.08. The van der Waals surface area contributed by atoms with Crippen molar-refractivity contribution in [2.24, 2.45) is 4.99 Å². The molecule has 74 valence electrons. The van der Waals surface area contributed by atoms with Gasteiger partial charge in [0.25, 0.3) is 0 Å². The average molecular weight is 202 g/mol. The van der Waals surface area contributed by atoms with Gasteiger partial charge in [-0.1, -0.05) is 0 Å². The minimum absolute atomic E-state index is 0.163. The molecule has 5 heteroatoms. The fraction of sp³-hybridized carbons (Fsp3) is 0.750. The van der Waals surface area contributed by atoms with Gasteiger partial charge >= 0.3 is 5.97 Å². The Morgan fingerprint density at radius 3 is 3.15 bits per heavy atom. The molecule has 13 heavy (non-hydrogen) atoms. The van der Waals surface area contributed by atoms with Crippen LogP contribution < -0.4 is 0 Å². The lowest BCUT2D eigenvalue weighted by molar-refractivity contribution is -0.133. The highest BCUT2D eigenvalue weighted by Crippen LogP contribution is 2.08. The van der Waals surface area contributed by atoms with Gasteiger partial charge in [-0.25, -0.2) is 0 Å². The van der Waals surface area contributed by atoms with Crippen LogP contribution in [0.25, 0.3) is 0 Å². The molecule has 0 saturated carbocycles. The first kappa shape index (κ1) is 10.4. The van der Waals surface area contributed by atoms with Gasteiger partial charge in [-0.2, -0.15) is 0 Å². The average Bonchev–Trinajstić information content (AvgIpc) is 2.51. The quantitative estimate of drug-likeness (QED) is 0.707. The number of rotatable bonds is 5. The number of aliphatic carboxylic acids is 1. The van der Waals surface area contributed by atoms with Gasteiger partial charge in [0, 0.05) is 13.1 Å². The number of carboxylic acid groups (broad SMARTS) is 1. The summed E-state index contributed by atoms with van der Waals surface area (Å²) in [5.41, 5.74) is 0. The molecular weight excluding hydrogens is 188 g/mol. The lowest BCUT2D eigenvalue weighted by Crippen LogP contribution is -2.29. The molecule has 1 heterocycles. The van der Waals surface area contributed by atoms with Gasteiger partial charge in [0.2, 0.25) is 0 Å². The first-order valence-corrected chi connectivity index (χ1v) is 5.47. The Hall–Kier alpha value is -0.710. The molecule has 0 aromatic rings. The van der Waals surface area contributed by atoms with Crippen LogP contribution in [0.1, 0.15) is 6.92 Å². The maximum atomic E-state index is 10.2. The zero-order valence-corrected chi connectivity index (χ0v) is 8.51. The van der Waals surface area contributed by atoms with E-state index >= 15 is 0 Å². The van der Waals surface area contributed by atoms with Crippen LogP contribution in [0.4, 0.5) is 0 Å². The summed E-state index contributed by atoms with van der Waals surface area (Å²) in [5.74, 6) is 1.18. The number of amidine groups is 1. The highest BCUT2D eigenvalue weighted by Gasteiger charge is 2.14. The molecule has 1 aliphatic rings. The summed E-state index contributed by atoms with van der Waals surface area (Å²) in [4.78, 5) is 16.8. The predicted molar refractivity (Wildman–Crippen MR) is 54.5 cm³/mol. The van der Waals surface area contributed by atoms with E-state index in [9.17, 15) is 4.79 Å². The fourth-order valence-electron chi connectivity index (χ4n) is 1.24. The molecule has 0 unspecified atom stereocenters. The SMILES string of the molecule is CCN1CCN=C1CSCC(=O)O.